The maximum absolute atomic E-state index is 11.0. The van der Waals surface area contributed by atoms with Gasteiger partial charge in [0.15, 0.2) is 6.79 Å². The van der Waals surface area contributed by atoms with Crippen molar-refractivity contribution in [3.8, 4) is 0 Å². The van der Waals surface area contributed by atoms with Gasteiger partial charge in [-0.15, -0.1) is 0 Å². The van der Waals surface area contributed by atoms with Crippen molar-refractivity contribution < 1.29 is 18.3 Å². The van der Waals surface area contributed by atoms with Crippen molar-refractivity contribution >= 4 is 7.60 Å². The standard InChI is InChI=1S/C6H15O4P.CH4/c1-4-5-9-6-10-11(3,7)8-2;/h4-6H2,1-3H3;1H4. The van der Waals surface area contributed by atoms with E-state index in [1.807, 2.05) is 6.92 Å². The first kappa shape index (κ1) is 14.6. The molecule has 12 heavy (non-hydrogen) atoms. The fourth-order valence-electron chi connectivity index (χ4n) is 0.389. The monoisotopic (exact) mass is 198 g/mol. The third-order valence-corrected chi connectivity index (χ3v) is 2.29. The molecule has 4 nitrogen and oxygen atoms in total. The van der Waals surface area contributed by atoms with Gasteiger partial charge in [-0.2, -0.15) is 0 Å². The first-order valence-corrected chi connectivity index (χ1v) is 5.47. The topological polar surface area (TPSA) is 44.8 Å². The number of hydrogen-bond donors (Lipinski definition) is 0. The zero-order valence-electron chi connectivity index (χ0n) is 7.20. The Morgan fingerprint density at radius 1 is 1.42 bits per heavy atom. The summed E-state index contributed by atoms with van der Waals surface area (Å²) in [6, 6.07) is 0. The van der Waals surface area contributed by atoms with E-state index in [1.54, 1.807) is 0 Å². The van der Waals surface area contributed by atoms with Gasteiger partial charge in [-0.25, -0.2) is 0 Å². The Kier molecular flexibility index (Phi) is 9.44. The molecule has 0 aromatic heterocycles. The lowest BCUT2D eigenvalue weighted by molar-refractivity contribution is 0.00842. The number of rotatable bonds is 6. The minimum Gasteiger partial charge on any atom is -0.355 e. The summed E-state index contributed by atoms with van der Waals surface area (Å²) in [5, 5.41) is 0. The van der Waals surface area contributed by atoms with E-state index in [0.29, 0.717) is 6.61 Å². The molecule has 0 saturated carbocycles. The molecule has 0 spiro atoms. The Hall–Kier alpha value is 0.110. The molecule has 0 aliphatic rings. The third kappa shape index (κ3) is 8.21. The molecular formula is C7H19O4P. The van der Waals surface area contributed by atoms with E-state index in [9.17, 15) is 4.57 Å². The lowest BCUT2D eigenvalue weighted by atomic mass is 10.5. The van der Waals surface area contributed by atoms with Crippen LogP contribution in [0.2, 0.25) is 0 Å². The van der Waals surface area contributed by atoms with Crippen molar-refractivity contribution in [3.05, 3.63) is 0 Å². The summed E-state index contributed by atoms with van der Waals surface area (Å²) in [5.74, 6) is 0. The Balaban J connectivity index is 0. The summed E-state index contributed by atoms with van der Waals surface area (Å²) in [5.41, 5.74) is 0. The van der Waals surface area contributed by atoms with E-state index in [4.69, 9.17) is 9.26 Å². The van der Waals surface area contributed by atoms with Gasteiger partial charge in [0.25, 0.3) is 0 Å². The van der Waals surface area contributed by atoms with E-state index in [2.05, 4.69) is 4.52 Å². The third-order valence-electron chi connectivity index (χ3n) is 1.05. The molecule has 0 aliphatic heterocycles. The van der Waals surface area contributed by atoms with Crippen LogP contribution in [0.1, 0.15) is 20.8 Å². The maximum atomic E-state index is 11.0. The molecule has 0 fully saturated rings. The molecule has 1 unspecified atom stereocenters. The highest BCUT2D eigenvalue weighted by molar-refractivity contribution is 7.52. The molecule has 0 aromatic carbocycles. The summed E-state index contributed by atoms with van der Waals surface area (Å²) >= 11 is 0. The van der Waals surface area contributed by atoms with Gasteiger partial charge >= 0.3 is 7.60 Å². The average molecular weight is 198 g/mol. The molecule has 0 rings (SSSR count). The Morgan fingerprint density at radius 3 is 2.42 bits per heavy atom. The molecule has 0 aliphatic carbocycles. The smallest absolute Gasteiger partial charge is 0.329 e. The molecule has 5 heteroatoms. The zero-order valence-corrected chi connectivity index (χ0v) is 8.10. The number of ether oxygens (including phenoxy) is 1. The van der Waals surface area contributed by atoms with Crippen LogP contribution in [0.4, 0.5) is 0 Å². The molecule has 0 N–H and O–H groups in total. The maximum Gasteiger partial charge on any atom is 0.329 e. The van der Waals surface area contributed by atoms with Crippen molar-refractivity contribution in [2.24, 2.45) is 0 Å². The van der Waals surface area contributed by atoms with Crippen LogP contribution in [0, 0.1) is 0 Å². The fourth-order valence-corrected chi connectivity index (χ4v) is 0.760. The van der Waals surface area contributed by atoms with Gasteiger partial charge in [0.1, 0.15) is 0 Å². The molecule has 0 saturated heterocycles. The SMILES string of the molecule is C.CCCOCOP(C)(=O)OC. The Morgan fingerprint density at radius 2 is 2.00 bits per heavy atom. The van der Waals surface area contributed by atoms with E-state index in [1.165, 1.54) is 13.8 Å². The van der Waals surface area contributed by atoms with Crippen molar-refractivity contribution in [2.75, 3.05) is 27.2 Å². The van der Waals surface area contributed by atoms with Crippen molar-refractivity contribution in [1.29, 1.82) is 0 Å². The van der Waals surface area contributed by atoms with Gasteiger partial charge in [-0.1, -0.05) is 14.4 Å². The molecule has 0 amide bonds. The van der Waals surface area contributed by atoms with Crippen LogP contribution in [0.3, 0.4) is 0 Å². The molecule has 76 valence electrons. The number of hydrogen-bond acceptors (Lipinski definition) is 4. The van der Waals surface area contributed by atoms with Crippen molar-refractivity contribution in [3.63, 3.8) is 0 Å². The largest absolute Gasteiger partial charge is 0.355 e. The van der Waals surface area contributed by atoms with Crippen LogP contribution in [0.15, 0.2) is 0 Å². The van der Waals surface area contributed by atoms with Crippen LogP contribution in [0.25, 0.3) is 0 Å². The summed E-state index contributed by atoms with van der Waals surface area (Å²) in [6.07, 6.45) is 0.921. The second-order valence-electron chi connectivity index (χ2n) is 2.11. The normalized spacial score (nSPS) is 14.9. The molecule has 0 bridgehead atoms. The molecule has 1 atom stereocenters. The van der Waals surface area contributed by atoms with Crippen molar-refractivity contribution in [1.82, 2.24) is 0 Å². The predicted octanol–water partition coefficient (Wildman–Crippen LogP) is 2.49. The summed E-state index contributed by atoms with van der Waals surface area (Å²) < 4.78 is 25.3. The Bertz CT molecular complexity index is 137. The fraction of sp³-hybridized carbons (Fsp3) is 1.00. The molecule has 0 radical (unpaired) electrons. The summed E-state index contributed by atoms with van der Waals surface area (Å²) in [7, 11) is -1.49. The lowest BCUT2D eigenvalue weighted by Gasteiger charge is -2.10. The van der Waals surface area contributed by atoms with Crippen LogP contribution < -0.4 is 0 Å². The average Bonchev–Trinajstić information content (AvgIpc) is 1.99. The second-order valence-corrected chi connectivity index (χ2v) is 4.28. The first-order valence-electron chi connectivity index (χ1n) is 3.48. The van der Waals surface area contributed by atoms with Gasteiger partial charge in [0.05, 0.1) is 0 Å². The molecule has 0 aromatic rings. The van der Waals surface area contributed by atoms with E-state index < -0.39 is 7.60 Å². The van der Waals surface area contributed by atoms with Gasteiger partial charge in [-0.05, 0) is 6.42 Å². The van der Waals surface area contributed by atoms with Crippen LogP contribution in [-0.4, -0.2) is 27.2 Å². The zero-order chi connectivity index (χ0) is 8.74. The first-order chi connectivity index (χ1) is 5.12. The van der Waals surface area contributed by atoms with Gasteiger partial charge in [-0.3, -0.25) is 9.09 Å². The van der Waals surface area contributed by atoms with Crippen LogP contribution in [-0.2, 0) is 18.3 Å². The van der Waals surface area contributed by atoms with Gasteiger partial charge in [0.2, 0.25) is 0 Å². The van der Waals surface area contributed by atoms with Gasteiger partial charge in [0, 0.05) is 20.4 Å². The van der Waals surface area contributed by atoms with E-state index in [0.717, 1.165) is 6.42 Å². The van der Waals surface area contributed by atoms with E-state index in [-0.39, 0.29) is 14.2 Å². The highest BCUT2D eigenvalue weighted by Gasteiger charge is 2.13. The summed E-state index contributed by atoms with van der Waals surface area (Å²) in [6.45, 7) is 4.04. The lowest BCUT2D eigenvalue weighted by Crippen LogP contribution is -1.99. The second kappa shape index (κ2) is 7.74. The van der Waals surface area contributed by atoms with E-state index >= 15 is 0 Å². The highest BCUT2D eigenvalue weighted by atomic mass is 31.2. The predicted molar refractivity (Wildman–Crippen MR) is 49.5 cm³/mol. The van der Waals surface area contributed by atoms with Gasteiger partial charge < -0.3 is 9.26 Å². The van der Waals surface area contributed by atoms with Crippen LogP contribution >= 0.6 is 7.60 Å². The van der Waals surface area contributed by atoms with Crippen LogP contribution in [0.5, 0.6) is 0 Å². The Labute approximate surface area is 74.7 Å². The molecular weight excluding hydrogens is 179 g/mol. The molecule has 0 heterocycles. The summed E-state index contributed by atoms with van der Waals surface area (Å²) in [4.78, 5) is 0. The minimum atomic E-state index is -2.84. The van der Waals surface area contributed by atoms with Crippen molar-refractivity contribution in [2.45, 2.75) is 20.8 Å². The minimum absolute atomic E-state index is 0. The highest BCUT2D eigenvalue weighted by Crippen LogP contribution is 2.42. The quantitative estimate of drug-likeness (QED) is 0.373.